The lowest BCUT2D eigenvalue weighted by molar-refractivity contribution is -0.106. The molecule has 0 amide bonds. The molecule has 0 aliphatic heterocycles. The number of fused-ring (bicyclic) bond motifs is 1. The Bertz CT molecular complexity index is 1010. The number of Topliss-reactive ketones (excluding diaryl/α,β-unsaturated/α-hetero) is 1. The maximum atomic E-state index is 12.6. The molecule has 0 spiro atoms. The van der Waals surface area contributed by atoms with Crippen LogP contribution in [0.3, 0.4) is 0 Å². The molecule has 0 aliphatic carbocycles. The summed E-state index contributed by atoms with van der Waals surface area (Å²) in [4.78, 5) is 20.7. The zero-order valence-electron chi connectivity index (χ0n) is 18.4. The van der Waals surface area contributed by atoms with E-state index >= 15 is 0 Å². The van der Waals surface area contributed by atoms with E-state index in [0.717, 1.165) is 11.0 Å². The van der Waals surface area contributed by atoms with Crippen molar-refractivity contribution in [2.75, 3.05) is 4.72 Å². The lowest BCUT2D eigenvalue weighted by atomic mass is 10.1. The van der Waals surface area contributed by atoms with E-state index in [4.69, 9.17) is 4.79 Å². The molecule has 5 nitrogen and oxygen atoms in total. The van der Waals surface area contributed by atoms with Gasteiger partial charge in [-0.3, -0.25) is 9.52 Å². The van der Waals surface area contributed by atoms with E-state index in [2.05, 4.69) is 4.72 Å². The summed E-state index contributed by atoms with van der Waals surface area (Å²) in [5.41, 5.74) is 1.02. The summed E-state index contributed by atoms with van der Waals surface area (Å²) in [6.07, 6.45) is 1.17. The van der Waals surface area contributed by atoms with Crippen LogP contribution in [0.15, 0.2) is 58.8 Å². The van der Waals surface area contributed by atoms with E-state index in [1.165, 1.54) is 18.3 Å². The second-order valence-electron chi connectivity index (χ2n) is 5.29. The molecule has 1 aromatic heterocycles. The molecule has 0 aliphatic rings. The molecule has 0 atom stereocenters. The standard InChI is InChI=1S/C17H15NO3S2.C2H4O.2C2H6/c1-2-15(19)12-7-9-13(10-8-12)18-23(20,21)17-11-22-16-6-4-3-5-14(16)17;1-2-3;2*1-2/h3-11,18H,2H2,1H3;2H,1H3;2*1-2H3. The van der Waals surface area contributed by atoms with Crippen LogP contribution in [0.4, 0.5) is 5.69 Å². The number of carbonyl (C=O) groups excluding carboxylic acids is 2. The summed E-state index contributed by atoms with van der Waals surface area (Å²) in [6.45, 7) is 11.2. The van der Waals surface area contributed by atoms with Crippen LogP contribution in [-0.2, 0) is 14.8 Å². The normalized spacial score (nSPS) is 9.67. The van der Waals surface area contributed by atoms with Crippen LogP contribution in [0, 0.1) is 0 Å². The number of anilines is 1. The van der Waals surface area contributed by atoms with Crippen LogP contribution in [0.5, 0.6) is 0 Å². The molecule has 164 valence electrons. The number of ketones is 1. The summed E-state index contributed by atoms with van der Waals surface area (Å²) in [5.74, 6) is 0.0308. The molecule has 3 rings (SSSR count). The van der Waals surface area contributed by atoms with Gasteiger partial charge in [0.15, 0.2) is 5.78 Å². The van der Waals surface area contributed by atoms with Crippen molar-refractivity contribution < 1.29 is 18.0 Å². The van der Waals surface area contributed by atoms with Gasteiger partial charge in [-0.25, -0.2) is 8.42 Å². The predicted octanol–water partition coefficient (Wildman–Crippen LogP) is 6.55. The third kappa shape index (κ3) is 7.72. The van der Waals surface area contributed by atoms with Gasteiger partial charge in [0.1, 0.15) is 11.2 Å². The highest BCUT2D eigenvalue weighted by Crippen LogP contribution is 2.30. The molecule has 2 aromatic carbocycles. The second-order valence-corrected chi connectivity index (χ2v) is 7.85. The lowest BCUT2D eigenvalue weighted by Gasteiger charge is -2.08. The Labute approximate surface area is 184 Å². The first-order chi connectivity index (χ1) is 14.4. The minimum absolute atomic E-state index is 0.0308. The summed E-state index contributed by atoms with van der Waals surface area (Å²) in [7, 11) is -3.66. The molecule has 0 unspecified atom stereocenters. The average Bonchev–Trinajstić information content (AvgIpc) is 3.22. The first-order valence-electron chi connectivity index (χ1n) is 9.95. The van der Waals surface area contributed by atoms with Crippen molar-refractivity contribution in [3.05, 3.63) is 59.5 Å². The van der Waals surface area contributed by atoms with Gasteiger partial charge in [-0.1, -0.05) is 52.8 Å². The molecule has 0 bridgehead atoms. The maximum absolute atomic E-state index is 12.6. The third-order valence-electron chi connectivity index (χ3n) is 3.52. The van der Waals surface area contributed by atoms with E-state index < -0.39 is 10.0 Å². The van der Waals surface area contributed by atoms with Gasteiger partial charge in [-0.2, -0.15) is 0 Å². The van der Waals surface area contributed by atoms with E-state index in [9.17, 15) is 13.2 Å². The number of thiophene rings is 1. The number of rotatable bonds is 5. The van der Waals surface area contributed by atoms with Crippen molar-refractivity contribution in [1.82, 2.24) is 0 Å². The highest BCUT2D eigenvalue weighted by atomic mass is 32.2. The minimum Gasteiger partial charge on any atom is -0.304 e. The van der Waals surface area contributed by atoms with Crippen molar-refractivity contribution >= 4 is 49.2 Å². The number of benzene rings is 2. The summed E-state index contributed by atoms with van der Waals surface area (Å²) >= 11 is 1.40. The SMILES string of the molecule is CC.CC.CC=O.CCC(=O)c1ccc(NS(=O)(=O)c2csc3ccccc23)cc1. The number of aldehydes is 1. The summed E-state index contributed by atoms with van der Waals surface area (Å²) in [5, 5.41) is 2.35. The molecule has 0 fully saturated rings. The zero-order chi connectivity index (χ0) is 23.2. The Morgan fingerprint density at radius 1 is 1.00 bits per heavy atom. The van der Waals surface area contributed by atoms with Crippen LogP contribution in [0.1, 0.15) is 58.3 Å². The maximum Gasteiger partial charge on any atom is 0.263 e. The lowest BCUT2D eigenvalue weighted by Crippen LogP contribution is -2.12. The van der Waals surface area contributed by atoms with Crippen molar-refractivity contribution in [2.45, 2.75) is 52.9 Å². The van der Waals surface area contributed by atoms with Crippen molar-refractivity contribution in [1.29, 1.82) is 0 Å². The Balaban J connectivity index is 0.00000108. The van der Waals surface area contributed by atoms with E-state index in [-0.39, 0.29) is 10.7 Å². The largest absolute Gasteiger partial charge is 0.304 e. The smallest absolute Gasteiger partial charge is 0.263 e. The number of nitrogens with one attached hydrogen (secondary N) is 1. The molecule has 7 heteroatoms. The van der Waals surface area contributed by atoms with E-state index in [1.807, 2.05) is 45.9 Å². The Morgan fingerprint density at radius 2 is 1.53 bits per heavy atom. The Hall–Kier alpha value is -2.51. The number of carbonyl (C=O) groups is 2. The van der Waals surface area contributed by atoms with Crippen LogP contribution >= 0.6 is 11.3 Å². The van der Waals surface area contributed by atoms with Gasteiger partial charge in [0.2, 0.25) is 0 Å². The molecule has 0 saturated heterocycles. The van der Waals surface area contributed by atoms with Gasteiger partial charge < -0.3 is 4.79 Å². The molecule has 0 radical (unpaired) electrons. The number of hydrogen-bond donors (Lipinski definition) is 1. The third-order valence-corrected chi connectivity index (χ3v) is 6.05. The molecule has 30 heavy (non-hydrogen) atoms. The van der Waals surface area contributed by atoms with Crippen molar-refractivity contribution in [3.63, 3.8) is 0 Å². The fourth-order valence-electron chi connectivity index (χ4n) is 2.30. The zero-order valence-corrected chi connectivity index (χ0v) is 20.1. The van der Waals surface area contributed by atoms with Crippen LogP contribution in [0.2, 0.25) is 0 Å². The van der Waals surface area contributed by atoms with Crippen LogP contribution < -0.4 is 4.72 Å². The molecule has 0 saturated carbocycles. The van der Waals surface area contributed by atoms with Gasteiger partial charge in [0.25, 0.3) is 10.0 Å². The van der Waals surface area contributed by atoms with Crippen LogP contribution in [-0.4, -0.2) is 20.5 Å². The van der Waals surface area contributed by atoms with E-state index in [1.54, 1.807) is 42.6 Å². The highest BCUT2D eigenvalue weighted by molar-refractivity contribution is 7.93. The number of sulfonamides is 1. The van der Waals surface area contributed by atoms with Crippen molar-refractivity contribution in [2.24, 2.45) is 0 Å². The summed E-state index contributed by atoms with van der Waals surface area (Å²) in [6, 6.07) is 13.9. The van der Waals surface area contributed by atoms with Crippen LogP contribution in [0.25, 0.3) is 10.1 Å². The molecular formula is C23H31NO4S2. The molecular weight excluding hydrogens is 418 g/mol. The monoisotopic (exact) mass is 449 g/mol. The fraction of sp³-hybridized carbons (Fsp3) is 0.304. The Kier molecular flexibility index (Phi) is 13.3. The van der Waals surface area contributed by atoms with Gasteiger partial charge in [0.05, 0.1) is 0 Å². The van der Waals surface area contributed by atoms with Gasteiger partial charge >= 0.3 is 0 Å². The highest BCUT2D eigenvalue weighted by Gasteiger charge is 2.19. The first kappa shape index (κ1) is 27.5. The minimum atomic E-state index is -3.66. The molecule has 1 N–H and O–H groups in total. The predicted molar refractivity (Wildman–Crippen MR) is 128 cm³/mol. The van der Waals surface area contributed by atoms with Gasteiger partial charge in [-0.15, -0.1) is 11.3 Å². The van der Waals surface area contributed by atoms with Gasteiger partial charge in [-0.05, 0) is 37.3 Å². The topological polar surface area (TPSA) is 80.3 Å². The van der Waals surface area contributed by atoms with Crippen molar-refractivity contribution in [3.8, 4) is 0 Å². The fourth-order valence-corrected chi connectivity index (χ4v) is 4.86. The van der Waals surface area contributed by atoms with E-state index in [0.29, 0.717) is 23.1 Å². The first-order valence-corrected chi connectivity index (χ1v) is 12.3. The average molecular weight is 450 g/mol. The molecule has 3 aromatic rings. The Morgan fingerprint density at radius 3 is 2.07 bits per heavy atom. The van der Waals surface area contributed by atoms with Gasteiger partial charge in [0, 0.05) is 33.1 Å². The number of hydrogen-bond acceptors (Lipinski definition) is 5. The second kappa shape index (κ2) is 14.5. The quantitative estimate of drug-likeness (QED) is 0.354. The summed E-state index contributed by atoms with van der Waals surface area (Å²) < 4.78 is 28.7. The molecule has 1 heterocycles.